The molecule has 6 nitrogen and oxygen atoms in total. The fourth-order valence-corrected chi connectivity index (χ4v) is 8.40. The van der Waals surface area contributed by atoms with Crippen LogP contribution in [0.2, 0.25) is 0 Å². The molecule has 12 aromatic rings. The number of para-hydroxylation sites is 1. The number of hydrogen-bond donors (Lipinski definition) is 0. The maximum absolute atomic E-state index is 6.63. The predicted octanol–water partition coefficient (Wildman–Crippen LogP) is 13.7. The minimum Gasteiger partial charge on any atom is -0.456 e. The minimum absolute atomic E-state index is 0.558. The highest BCUT2D eigenvalue weighted by Gasteiger charge is 2.21. The van der Waals surface area contributed by atoms with Crippen molar-refractivity contribution in [2.24, 2.45) is 0 Å². The lowest BCUT2D eigenvalue weighted by molar-refractivity contribution is 0.621. The molecule has 58 heavy (non-hydrogen) atoms. The lowest BCUT2D eigenvalue weighted by Crippen LogP contribution is -2.01. The van der Waals surface area contributed by atoms with Crippen molar-refractivity contribution in [3.05, 3.63) is 182 Å². The highest BCUT2D eigenvalue weighted by molar-refractivity contribution is 6.18. The summed E-state index contributed by atoms with van der Waals surface area (Å²) in [5.41, 5.74) is 8.94. The Bertz CT molecular complexity index is 3510. The highest BCUT2D eigenvalue weighted by atomic mass is 16.4. The first-order valence-corrected chi connectivity index (χ1v) is 19.3. The highest BCUT2D eigenvalue weighted by Crippen LogP contribution is 2.43. The minimum atomic E-state index is 0.558. The smallest absolute Gasteiger partial charge is 0.227 e. The lowest BCUT2D eigenvalue weighted by Gasteiger charge is -2.16. The van der Waals surface area contributed by atoms with Crippen LogP contribution >= 0.6 is 0 Å². The third-order valence-electron chi connectivity index (χ3n) is 11.1. The van der Waals surface area contributed by atoms with Gasteiger partial charge in [0.2, 0.25) is 5.89 Å². The van der Waals surface area contributed by atoms with E-state index in [0.717, 1.165) is 93.2 Å². The molecule has 0 aliphatic carbocycles. The van der Waals surface area contributed by atoms with Gasteiger partial charge in [0.25, 0.3) is 0 Å². The van der Waals surface area contributed by atoms with Crippen LogP contribution in [-0.2, 0) is 0 Å². The summed E-state index contributed by atoms with van der Waals surface area (Å²) in [6.07, 6.45) is 0. The van der Waals surface area contributed by atoms with Crippen molar-refractivity contribution >= 4 is 65.4 Å². The second-order valence-corrected chi connectivity index (χ2v) is 14.6. The Morgan fingerprint density at radius 1 is 0.310 bits per heavy atom. The second kappa shape index (κ2) is 12.8. The Kier molecular flexibility index (Phi) is 7.13. The number of fused-ring (bicyclic) bond motifs is 8. The molecule has 0 radical (unpaired) electrons. The number of oxazole rings is 1. The largest absolute Gasteiger partial charge is 0.456 e. The lowest BCUT2D eigenvalue weighted by atomic mass is 9.89. The van der Waals surface area contributed by atoms with Gasteiger partial charge in [-0.1, -0.05) is 146 Å². The van der Waals surface area contributed by atoms with Crippen molar-refractivity contribution in [3.8, 4) is 56.7 Å². The third-order valence-corrected chi connectivity index (χ3v) is 11.1. The maximum Gasteiger partial charge on any atom is 0.227 e. The van der Waals surface area contributed by atoms with E-state index in [4.69, 9.17) is 28.8 Å². The van der Waals surface area contributed by atoms with Crippen molar-refractivity contribution in [3.63, 3.8) is 0 Å². The number of aromatic nitrogens is 4. The molecule has 0 aliphatic heterocycles. The molecule has 0 atom stereocenters. The van der Waals surface area contributed by atoms with Crippen molar-refractivity contribution < 1.29 is 8.83 Å². The average Bonchev–Trinajstić information content (AvgIpc) is 3.88. The molecule has 3 heterocycles. The Labute approximate surface area is 331 Å². The van der Waals surface area contributed by atoms with Crippen LogP contribution in [0.25, 0.3) is 122 Å². The van der Waals surface area contributed by atoms with Gasteiger partial charge in [0.15, 0.2) is 23.1 Å². The van der Waals surface area contributed by atoms with E-state index in [1.807, 2.05) is 91.0 Å². The third kappa shape index (κ3) is 5.20. The van der Waals surface area contributed by atoms with Gasteiger partial charge >= 0.3 is 0 Å². The van der Waals surface area contributed by atoms with Crippen LogP contribution < -0.4 is 0 Å². The van der Waals surface area contributed by atoms with Gasteiger partial charge in [0.05, 0.1) is 0 Å². The molecule has 12 rings (SSSR count). The number of nitrogens with zero attached hydrogens (tertiary/aromatic N) is 4. The summed E-state index contributed by atoms with van der Waals surface area (Å²) in [6, 6.07) is 62.5. The molecule has 0 unspecified atom stereocenters. The van der Waals surface area contributed by atoms with E-state index in [1.165, 1.54) is 0 Å². The molecule has 0 saturated carbocycles. The Hall–Kier alpha value is -7.96. The second-order valence-electron chi connectivity index (χ2n) is 14.6. The summed E-state index contributed by atoms with van der Waals surface area (Å²) < 4.78 is 12.8. The molecule has 0 amide bonds. The van der Waals surface area contributed by atoms with E-state index >= 15 is 0 Å². The zero-order chi connectivity index (χ0) is 38.2. The molecule has 0 spiro atoms. The fourth-order valence-electron chi connectivity index (χ4n) is 8.40. The van der Waals surface area contributed by atoms with Crippen LogP contribution in [0.15, 0.2) is 191 Å². The first-order chi connectivity index (χ1) is 28.7. The molecular weight excluding hydrogens is 713 g/mol. The van der Waals surface area contributed by atoms with Crippen molar-refractivity contribution in [2.75, 3.05) is 0 Å². The summed E-state index contributed by atoms with van der Waals surface area (Å²) in [7, 11) is 0. The molecule has 0 fully saturated rings. The average molecular weight is 743 g/mol. The van der Waals surface area contributed by atoms with Gasteiger partial charge in [0.1, 0.15) is 16.7 Å². The Balaban J connectivity index is 1.09. The number of hydrogen-bond acceptors (Lipinski definition) is 6. The molecule has 270 valence electrons. The topological polar surface area (TPSA) is 77.8 Å². The molecule has 0 bridgehead atoms. The predicted molar refractivity (Wildman–Crippen MR) is 234 cm³/mol. The van der Waals surface area contributed by atoms with Crippen LogP contribution in [0.5, 0.6) is 0 Å². The van der Waals surface area contributed by atoms with Crippen molar-refractivity contribution in [2.45, 2.75) is 0 Å². The number of rotatable bonds is 5. The van der Waals surface area contributed by atoms with Crippen LogP contribution in [0.1, 0.15) is 0 Å². The molecule has 6 heteroatoms. The van der Waals surface area contributed by atoms with Gasteiger partial charge in [-0.3, -0.25) is 0 Å². The quantitative estimate of drug-likeness (QED) is 0.163. The zero-order valence-corrected chi connectivity index (χ0v) is 30.9. The molecule has 3 aromatic heterocycles. The first-order valence-electron chi connectivity index (χ1n) is 19.3. The van der Waals surface area contributed by atoms with Gasteiger partial charge in [-0.05, 0) is 73.8 Å². The van der Waals surface area contributed by atoms with E-state index in [2.05, 4.69) is 91.0 Å². The molecule has 0 N–H and O–H groups in total. The summed E-state index contributed by atoms with van der Waals surface area (Å²) in [6.45, 7) is 0. The van der Waals surface area contributed by atoms with Crippen LogP contribution in [0.3, 0.4) is 0 Å². The standard InChI is InChI=1S/C52H30N4O2/c1-3-14-32(15-4-1)49-54-50(33-16-5-2-6-17-33)56-51(55-49)41-26-25-38(48-37-20-10-7-13-31(37)23-24-40(41)48)35-27-34-18-8-9-19-36(34)43(28-35)52-53-44-30-46-42(29-47(44)58-52)39-21-11-12-22-45(39)57-46/h1-30H. The molecule has 9 aromatic carbocycles. The first kappa shape index (κ1) is 32.3. The van der Waals surface area contributed by atoms with Crippen LogP contribution in [-0.4, -0.2) is 19.9 Å². The van der Waals surface area contributed by atoms with Crippen LogP contribution in [0, 0.1) is 0 Å². The van der Waals surface area contributed by atoms with Crippen LogP contribution in [0.4, 0.5) is 0 Å². The maximum atomic E-state index is 6.63. The van der Waals surface area contributed by atoms with Crippen molar-refractivity contribution in [1.29, 1.82) is 0 Å². The van der Waals surface area contributed by atoms with E-state index in [9.17, 15) is 0 Å². The Morgan fingerprint density at radius 2 is 0.948 bits per heavy atom. The van der Waals surface area contributed by atoms with E-state index in [1.54, 1.807) is 0 Å². The molecule has 0 aliphatic rings. The molecular formula is C52H30N4O2. The van der Waals surface area contributed by atoms with E-state index in [-0.39, 0.29) is 0 Å². The van der Waals surface area contributed by atoms with Gasteiger partial charge in [-0.25, -0.2) is 19.9 Å². The van der Waals surface area contributed by atoms with E-state index in [0.29, 0.717) is 28.9 Å². The fraction of sp³-hybridized carbons (Fsp3) is 0. The number of benzene rings is 9. The molecule has 0 saturated heterocycles. The zero-order valence-electron chi connectivity index (χ0n) is 30.9. The summed E-state index contributed by atoms with van der Waals surface area (Å²) in [4.78, 5) is 20.3. The summed E-state index contributed by atoms with van der Waals surface area (Å²) in [5, 5.41) is 8.66. The summed E-state index contributed by atoms with van der Waals surface area (Å²) >= 11 is 0. The number of furan rings is 1. The van der Waals surface area contributed by atoms with Gasteiger partial charge in [0, 0.05) is 39.1 Å². The Morgan fingerprint density at radius 3 is 1.72 bits per heavy atom. The normalized spacial score (nSPS) is 11.8. The summed E-state index contributed by atoms with van der Waals surface area (Å²) in [5.74, 6) is 2.42. The van der Waals surface area contributed by atoms with E-state index < -0.39 is 0 Å². The monoisotopic (exact) mass is 742 g/mol. The van der Waals surface area contributed by atoms with Crippen molar-refractivity contribution in [1.82, 2.24) is 19.9 Å². The van der Waals surface area contributed by atoms with Gasteiger partial charge in [-0.15, -0.1) is 0 Å². The SMILES string of the molecule is c1ccc(-c2nc(-c3ccccc3)nc(-c3ccc(-c4cc(-c5nc6cc7oc8ccccc8c7cc6o5)c5ccccc5c4)c4c3ccc3ccccc34)n2)cc1. The van der Waals surface area contributed by atoms with Gasteiger partial charge < -0.3 is 8.83 Å². The van der Waals surface area contributed by atoms with Gasteiger partial charge in [-0.2, -0.15) is 0 Å².